The van der Waals surface area contributed by atoms with E-state index in [0.717, 1.165) is 12.5 Å². The van der Waals surface area contributed by atoms with Crippen molar-refractivity contribution in [1.82, 2.24) is 14.3 Å². The Balaban J connectivity index is 1.46. The molecule has 2 aliphatic rings. The Morgan fingerprint density at radius 1 is 1.33 bits per heavy atom. The van der Waals surface area contributed by atoms with Gasteiger partial charge < -0.3 is 14.8 Å². The first-order valence-corrected chi connectivity index (χ1v) is 11.3. The van der Waals surface area contributed by atoms with Crippen molar-refractivity contribution in [1.29, 1.82) is 0 Å². The summed E-state index contributed by atoms with van der Waals surface area (Å²) in [5.74, 6) is -0.0204. The molecule has 0 bridgehead atoms. The Labute approximate surface area is 175 Å². The van der Waals surface area contributed by atoms with Gasteiger partial charge in [0.1, 0.15) is 11.4 Å². The van der Waals surface area contributed by atoms with Crippen LogP contribution in [0.4, 0.5) is 10.3 Å². The van der Waals surface area contributed by atoms with E-state index in [1.807, 2.05) is 0 Å². The summed E-state index contributed by atoms with van der Waals surface area (Å²) >= 11 is 0. The number of nitrogens with one attached hydrogen (secondary N) is 1. The van der Waals surface area contributed by atoms with Crippen LogP contribution in [0.25, 0.3) is 0 Å². The molecule has 1 N–H and O–H groups in total. The third-order valence-corrected chi connectivity index (χ3v) is 7.33. The molecule has 0 radical (unpaired) electrons. The summed E-state index contributed by atoms with van der Waals surface area (Å²) in [7, 11) is -3.86. The number of aryl methyl sites for hydroxylation is 1. The SMILES string of the molecule is Cc1ccc(S(=O)(=O)N2CCOC[C@@]3(CC[C@@H](CNc4ncccn4)O3)C2)cc1F. The molecule has 4 rings (SSSR count). The van der Waals surface area contributed by atoms with E-state index in [1.165, 1.54) is 16.4 Å². The zero-order chi connectivity index (χ0) is 21.2. The molecule has 0 aliphatic carbocycles. The number of benzene rings is 1. The first kappa shape index (κ1) is 21.1. The quantitative estimate of drug-likeness (QED) is 0.766. The van der Waals surface area contributed by atoms with Crippen LogP contribution in [0.2, 0.25) is 0 Å². The number of aromatic nitrogens is 2. The minimum absolute atomic E-state index is 0.0555. The number of anilines is 1. The number of nitrogens with zero attached hydrogens (tertiary/aromatic N) is 3. The van der Waals surface area contributed by atoms with Crippen molar-refractivity contribution < 1.29 is 22.3 Å². The van der Waals surface area contributed by atoms with Crippen LogP contribution in [0.1, 0.15) is 18.4 Å². The smallest absolute Gasteiger partial charge is 0.243 e. The highest BCUT2D eigenvalue weighted by molar-refractivity contribution is 7.89. The van der Waals surface area contributed by atoms with E-state index < -0.39 is 21.4 Å². The van der Waals surface area contributed by atoms with Crippen LogP contribution in [0.5, 0.6) is 0 Å². The molecule has 162 valence electrons. The van der Waals surface area contributed by atoms with E-state index in [-0.39, 0.29) is 30.7 Å². The van der Waals surface area contributed by atoms with Gasteiger partial charge in [-0.3, -0.25) is 0 Å². The minimum atomic E-state index is -3.86. The van der Waals surface area contributed by atoms with Gasteiger partial charge in [0.05, 0.1) is 24.2 Å². The highest BCUT2D eigenvalue weighted by Crippen LogP contribution is 2.34. The third kappa shape index (κ3) is 4.46. The molecule has 3 heterocycles. The Morgan fingerprint density at radius 3 is 2.90 bits per heavy atom. The summed E-state index contributed by atoms with van der Waals surface area (Å²) in [6, 6.07) is 5.73. The van der Waals surface area contributed by atoms with Gasteiger partial charge in [-0.25, -0.2) is 22.8 Å². The first-order valence-electron chi connectivity index (χ1n) is 9.91. The van der Waals surface area contributed by atoms with Crippen molar-refractivity contribution in [2.75, 3.05) is 38.2 Å². The molecular weight excluding hydrogens is 411 g/mol. The molecule has 0 saturated carbocycles. The van der Waals surface area contributed by atoms with Gasteiger partial charge in [-0.15, -0.1) is 0 Å². The highest BCUT2D eigenvalue weighted by Gasteiger charge is 2.45. The van der Waals surface area contributed by atoms with Gasteiger partial charge in [-0.1, -0.05) is 6.07 Å². The van der Waals surface area contributed by atoms with Crippen molar-refractivity contribution in [2.24, 2.45) is 0 Å². The predicted molar refractivity (Wildman–Crippen MR) is 108 cm³/mol. The van der Waals surface area contributed by atoms with E-state index in [0.29, 0.717) is 31.1 Å². The number of ether oxygens (including phenoxy) is 2. The predicted octanol–water partition coefficient (Wildman–Crippen LogP) is 1.97. The second kappa shape index (κ2) is 8.54. The molecule has 2 atom stereocenters. The molecule has 2 saturated heterocycles. The maximum atomic E-state index is 14.0. The van der Waals surface area contributed by atoms with Crippen LogP contribution in [0.15, 0.2) is 41.6 Å². The van der Waals surface area contributed by atoms with Crippen LogP contribution < -0.4 is 5.32 Å². The van der Waals surface area contributed by atoms with Crippen LogP contribution in [-0.4, -0.2) is 67.2 Å². The first-order chi connectivity index (χ1) is 14.4. The molecular formula is C20H25FN4O4S. The summed E-state index contributed by atoms with van der Waals surface area (Å²) < 4.78 is 53.6. The van der Waals surface area contributed by atoms with Crippen molar-refractivity contribution >= 4 is 16.0 Å². The number of rotatable bonds is 5. The fourth-order valence-corrected chi connectivity index (χ4v) is 5.33. The number of hydrogen-bond donors (Lipinski definition) is 1. The van der Waals surface area contributed by atoms with E-state index in [2.05, 4.69) is 15.3 Å². The van der Waals surface area contributed by atoms with Gasteiger partial charge in [0.15, 0.2) is 0 Å². The number of sulfonamides is 1. The average Bonchev–Trinajstić information content (AvgIpc) is 3.01. The summed E-state index contributed by atoms with van der Waals surface area (Å²) in [4.78, 5) is 8.20. The molecule has 2 aliphatic heterocycles. The molecule has 1 spiro atoms. The van der Waals surface area contributed by atoms with Gasteiger partial charge in [0, 0.05) is 32.0 Å². The van der Waals surface area contributed by atoms with E-state index in [1.54, 1.807) is 25.4 Å². The van der Waals surface area contributed by atoms with Gasteiger partial charge >= 0.3 is 0 Å². The van der Waals surface area contributed by atoms with Gasteiger partial charge in [-0.2, -0.15) is 4.31 Å². The topological polar surface area (TPSA) is 93.7 Å². The van der Waals surface area contributed by atoms with Gasteiger partial charge in [-0.05, 0) is 43.5 Å². The Kier molecular flexibility index (Phi) is 6.01. The largest absolute Gasteiger partial charge is 0.377 e. The molecule has 0 unspecified atom stereocenters. The monoisotopic (exact) mass is 436 g/mol. The maximum absolute atomic E-state index is 14.0. The average molecular weight is 437 g/mol. The third-order valence-electron chi connectivity index (χ3n) is 5.49. The maximum Gasteiger partial charge on any atom is 0.243 e. The van der Waals surface area contributed by atoms with Crippen LogP contribution >= 0.6 is 0 Å². The zero-order valence-corrected chi connectivity index (χ0v) is 17.6. The molecule has 30 heavy (non-hydrogen) atoms. The van der Waals surface area contributed by atoms with Crippen molar-refractivity contribution in [3.63, 3.8) is 0 Å². The Bertz CT molecular complexity index is 992. The van der Waals surface area contributed by atoms with Crippen molar-refractivity contribution in [3.05, 3.63) is 48.0 Å². The summed E-state index contributed by atoms with van der Waals surface area (Å²) in [6.07, 6.45) is 4.63. The lowest BCUT2D eigenvalue weighted by atomic mass is 10.0. The number of hydrogen-bond acceptors (Lipinski definition) is 7. The summed E-state index contributed by atoms with van der Waals surface area (Å²) in [5.41, 5.74) is -0.321. The molecule has 1 aromatic carbocycles. The molecule has 2 fully saturated rings. The molecule has 0 amide bonds. The fraction of sp³-hybridized carbons (Fsp3) is 0.500. The molecule has 1 aromatic heterocycles. The lowest BCUT2D eigenvalue weighted by Crippen LogP contribution is -2.47. The van der Waals surface area contributed by atoms with Gasteiger partial charge in [0.25, 0.3) is 0 Å². The second-order valence-electron chi connectivity index (χ2n) is 7.72. The van der Waals surface area contributed by atoms with E-state index >= 15 is 0 Å². The van der Waals surface area contributed by atoms with Crippen LogP contribution in [0, 0.1) is 12.7 Å². The zero-order valence-electron chi connectivity index (χ0n) is 16.8. The van der Waals surface area contributed by atoms with Gasteiger partial charge in [0.2, 0.25) is 16.0 Å². The molecule has 2 aromatic rings. The second-order valence-corrected chi connectivity index (χ2v) is 9.65. The van der Waals surface area contributed by atoms with Crippen LogP contribution in [0.3, 0.4) is 0 Å². The van der Waals surface area contributed by atoms with Crippen LogP contribution in [-0.2, 0) is 19.5 Å². The summed E-state index contributed by atoms with van der Waals surface area (Å²) in [5, 5.41) is 3.14. The van der Waals surface area contributed by atoms with E-state index in [4.69, 9.17) is 9.47 Å². The fourth-order valence-electron chi connectivity index (χ4n) is 3.82. The molecule has 10 heteroatoms. The highest BCUT2D eigenvalue weighted by atomic mass is 32.2. The normalized spacial score (nSPS) is 25.3. The number of halogens is 1. The summed E-state index contributed by atoms with van der Waals surface area (Å²) in [6.45, 7) is 3.06. The lowest BCUT2D eigenvalue weighted by Gasteiger charge is -2.31. The van der Waals surface area contributed by atoms with Crippen molar-refractivity contribution in [2.45, 2.75) is 36.4 Å². The Morgan fingerprint density at radius 2 is 2.13 bits per heavy atom. The van der Waals surface area contributed by atoms with Crippen molar-refractivity contribution in [3.8, 4) is 0 Å². The minimum Gasteiger partial charge on any atom is -0.377 e. The van der Waals surface area contributed by atoms with E-state index in [9.17, 15) is 12.8 Å². The lowest BCUT2D eigenvalue weighted by molar-refractivity contribution is -0.0780. The molecule has 8 nitrogen and oxygen atoms in total. The Hall–Kier alpha value is -2.14. The standard InChI is InChI=1S/C20H25FN4O4S/c1-15-3-4-17(11-18(15)21)30(26,27)25-9-10-28-14-20(13-25)6-5-16(29-20)12-24-19-22-7-2-8-23-19/h2-4,7-8,11,16H,5-6,9-10,12-14H2,1H3,(H,22,23,24)/t16-,20+/m0/s1.